The van der Waals surface area contributed by atoms with Crippen LogP contribution in [0, 0.1) is 0 Å². The van der Waals surface area contributed by atoms with Gasteiger partial charge in [-0.3, -0.25) is 4.79 Å². The molecular formula is C14H24N6O2. The fourth-order valence-electron chi connectivity index (χ4n) is 2.23. The minimum absolute atomic E-state index is 0.0993. The second-order valence-electron chi connectivity index (χ2n) is 5.03. The van der Waals surface area contributed by atoms with Gasteiger partial charge < -0.3 is 19.9 Å². The fourth-order valence-corrected chi connectivity index (χ4v) is 2.23. The molecule has 2 heterocycles. The number of hydrogen-bond donors (Lipinski definition) is 1. The Morgan fingerprint density at radius 1 is 1.23 bits per heavy atom. The van der Waals surface area contributed by atoms with Crippen LogP contribution in [0.5, 0.6) is 0 Å². The van der Waals surface area contributed by atoms with E-state index in [9.17, 15) is 4.79 Å². The van der Waals surface area contributed by atoms with Crippen LogP contribution in [0.1, 0.15) is 26.6 Å². The summed E-state index contributed by atoms with van der Waals surface area (Å²) < 4.78 is 5.37. The largest absolute Gasteiger partial charge is 0.378 e. The SMILES string of the molecule is CCN(CC)c1nc(CNC(C)=O)nc(N2CCOCC2)n1. The molecule has 0 saturated carbocycles. The molecule has 8 nitrogen and oxygen atoms in total. The second-order valence-corrected chi connectivity index (χ2v) is 5.03. The molecule has 0 aromatic carbocycles. The highest BCUT2D eigenvalue weighted by molar-refractivity contribution is 5.72. The molecule has 0 aliphatic carbocycles. The Hall–Kier alpha value is -1.96. The number of amides is 1. The minimum Gasteiger partial charge on any atom is -0.378 e. The summed E-state index contributed by atoms with van der Waals surface area (Å²) >= 11 is 0. The Labute approximate surface area is 130 Å². The van der Waals surface area contributed by atoms with Crippen LogP contribution in [0.25, 0.3) is 0 Å². The molecule has 0 atom stereocenters. The molecule has 8 heteroatoms. The van der Waals surface area contributed by atoms with Crippen LogP contribution in [0.3, 0.4) is 0 Å². The van der Waals surface area contributed by atoms with E-state index < -0.39 is 0 Å². The second kappa shape index (κ2) is 7.88. The highest BCUT2D eigenvalue weighted by Gasteiger charge is 2.18. The zero-order valence-corrected chi connectivity index (χ0v) is 13.5. The van der Waals surface area contributed by atoms with Crippen LogP contribution < -0.4 is 15.1 Å². The number of morpholine rings is 1. The number of aromatic nitrogens is 3. The van der Waals surface area contributed by atoms with Gasteiger partial charge in [-0.25, -0.2) is 0 Å². The standard InChI is InChI=1S/C14H24N6O2/c1-4-19(5-2)13-16-12(10-15-11(3)21)17-14(18-13)20-6-8-22-9-7-20/h4-10H2,1-3H3,(H,15,21). The van der Waals surface area contributed by atoms with E-state index >= 15 is 0 Å². The monoisotopic (exact) mass is 308 g/mol. The van der Waals surface area contributed by atoms with Crippen LogP contribution in [-0.2, 0) is 16.1 Å². The Balaban J connectivity index is 2.27. The van der Waals surface area contributed by atoms with Gasteiger partial charge in [0.25, 0.3) is 0 Å². The molecule has 0 bridgehead atoms. The molecule has 1 fully saturated rings. The predicted octanol–water partition coefficient (Wildman–Crippen LogP) is 0.191. The third-order valence-electron chi connectivity index (χ3n) is 3.49. The number of anilines is 2. The van der Waals surface area contributed by atoms with E-state index in [1.165, 1.54) is 6.92 Å². The van der Waals surface area contributed by atoms with E-state index in [0.717, 1.165) is 26.2 Å². The van der Waals surface area contributed by atoms with Crippen LogP contribution in [0.4, 0.5) is 11.9 Å². The number of ether oxygens (including phenoxy) is 1. The summed E-state index contributed by atoms with van der Waals surface area (Å²) in [5, 5.41) is 2.74. The van der Waals surface area contributed by atoms with Crippen molar-refractivity contribution in [3.8, 4) is 0 Å². The molecule has 22 heavy (non-hydrogen) atoms. The number of nitrogens with one attached hydrogen (secondary N) is 1. The lowest BCUT2D eigenvalue weighted by Gasteiger charge is -2.28. The third kappa shape index (κ3) is 4.27. The summed E-state index contributed by atoms with van der Waals surface area (Å²) in [4.78, 5) is 28.8. The first kappa shape index (κ1) is 16.4. The molecule has 1 aromatic heterocycles. The lowest BCUT2D eigenvalue weighted by molar-refractivity contribution is -0.119. The summed E-state index contributed by atoms with van der Waals surface area (Å²) in [6, 6.07) is 0. The van der Waals surface area contributed by atoms with E-state index in [4.69, 9.17) is 4.74 Å². The lowest BCUT2D eigenvalue weighted by Crippen LogP contribution is -2.38. The first-order valence-corrected chi connectivity index (χ1v) is 7.71. The summed E-state index contributed by atoms with van der Waals surface area (Å²) in [5.41, 5.74) is 0. The average molecular weight is 308 g/mol. The van der Waals surface area contributed by atoms with Crippen molar-refractivity contribution in [2.75, 3.05) is 49.2 Å². The van der Waals surface area contributed by atoms with Crippen molar-refractivity contribution in [1.29, 1.82) is 0 Å². The summed E-state index contributed by atoms with van der Waals surface area (Å²) in [6.45, 7) is 10.4. The third-order valence-corrected chi connectivity index (χ3v) is 3.49. The average Bonchev–Trinajstić information content (AvgIpc) is 2.55. The van der Waals surface area contributed by atoms with Gasteiger partial charge in [0, 0.05) is 33.1 Å². The maximum atomic E-state index is 11.1. The van der Waals surface area contributed by atoms with Gasteiger partial charge in [0.05, 0.1) is 19.8 Å². The van der Waals surface area contributed by atoms with Crippen molar-refractivity contribution in [2.45, 2.75) is 27.3 Å². The van der Waals surface area contributed by atoms with Crippen molar-refractivity contribution >= 4 is 17.8 Å². The van der Waals surface area contributed by atoms with Gasteiger partial charge in [0.1, 0.15) is 0 Å². The normalized spacial score (nSPS) is 14.8. The summed E-state index contributed by atoms with van der Waals surface area (Å²) in [7, 11) is 0. The van der Waals surface area contributed by atoms with E-state index in [1.54, 1.807) is 0 Å². The van der Waals surface area contributed by atoms with Gasteiger partial charge in [-0.2, -0.15) is 15.0 Å². The van der Waals surface area contributed by atoms with Gasteiger partial charge in [-0.05, 0) is 13.8 Å². The Morgan fingerprint density at radius 3 is 2.50 bits per heavy atom. The Morgan fingerprint density at radius 2 is 1.91 bits per heavy atom. The number of carbonyl (C=O) groups is 1. The van der Waals surface area contributed by atoms with Crippen molar-refractivity contribution in [2.24, 2.45) is 0 Å². The fraction of sp³-hybridized carbons (Fsp3) is 0.714. The molecule has 0 unspecified atom stereocenters. The van der Waals surface area contributed by atoms with Gasteiger partial charge in [0.2, 0.25) is 17.8 Å². The number of carbonyl (C=O) groups excluding carboxylic acids is 1. The molecule has 0 spiro atoms. The first-order chi connectivity index (χ1) is 10.6. The number of hydrogen-bond acceptors (Lipinski definition) is 7. The number of rotatable bonds is 6. The molecule has 1 aromatic rings. The molecule has 122 valence electrons. The van der Waals surface area contributed by atoms with Gasteiger partial charge in [-0.1, -0.05) is 0 Å². The van der Waals surface area contributed by atoms with Crippen LogP contribution in [-0.4, -0.2) is 60.3 Å². The Kier molecular flexibility index (Phi) is 5.88. The van der Waals surface area contributed by atoms with Gasteiger partial charge >= 0.3 is 0 Å². The van der Waals surface area contributed by atoms with Crippen LogP contribution >= 0.6 is 0 Å². The molecule has 1 aliphatic heterocycles. The highest BCUT2D eigenvalue weighted by Crippen LogP contribution is 2.15. The van der Waals surface area contributed by atoms with Crippen molar-refractivity contribution in [3.05, 3.63) is 5.82 Å². The topological polar surface area (TPSA) is 83.5 Å². The van der Waals surface area contributed by atoms with E-state index in [1.807, 2.05) is 0 Å². The zero-order valence-electron chi connectivity index (χ0n) is 13.5. The zero-order chi connectivity index (χ0) is 15.9. The first-order valence-electron chi connectivity index (χ1n) is 7.71. The summed E-state index contributed by atoms with van der Waals surface area (Å²) in [6.07, 6.45) is 0. The van der Waals surface area contributed by atoms with Gasteiger partial charge in [0.15, 0.2) is 5.82 Å². The molecule has 1 aliphatic rings. The predicted molar refractivity (Wildman–Crippen MR) is 83.9 cm³/mol. The van der Waals surface area contributed by atoms with Crippen LogP contribution in [0.2, 0.25) is 0 Å². The van der Waals surface area contributed by atoms with Crippen molar-refractivity contribution < 1.29 is 9.53 Å². The molecule has 1 N–H and O–H groups in total. The molecule has 1 amide bonds. The number of nitrogens with zero attached hydrogens (tertiary/aromatic N) is 5. The molecule has 1 saturated heterocycles. The van der Waals surface area contributed by atoms with E-state index in [2.05, 4.69) is 43.9 Å². The van der Waals surface area contributed by atoms with E-state index in [0.29, 0.717) is 37.5 Å². The van der Waals surface area contributed by atoms with Gasteiger partial charge in [-0.15, -0.1) is 0 Å². The smallest absolute Gasteiger partial charge is 0.230 e. The van der Waals surface area contributed by atoms with Crippen LogP contribution in [0.15, 0.2) is 0 Å². The summed E-state index contributed by atoms with van der Waals surface area (Å²) in [5.74, 6) is 1.79. The lowest BCUT2D eigenvalue weighted by atomic mass is 10.4. The van der Waals surface area contributed by atoms with Crippen molar-refractivity contribution in [1.82, 2.24) is 20.3 Å². The molecule has 0 radical (unpaired) electrons. The minimum atomic E-state index is -0.0993. The molecule has 2 rings (SSSR count). The Bertz CT molecular complexity index is 500. The maximum Gasteiger partial charge on any atom is 0.230 e. The quantitative estimate of drug-likeness (QED) is 0.803. The molecular weight excluding hydrogens is 284 g/mol. The van der Waals surface area contributed by atoms with Crippen molar-refractivity contribution in [3.63, 3.8) is 0 Å². The maximum absolute atomic E-state index is 11.1. The van der Waals surface area contributed by atoms with E-state index in [-0.39, 0.29) is 5.91 Å². The highest BCUT2D eigenvalue weighted by atomic mass is 16.5.